The molecule has 0 aromatic carbocycles. The molecule has 1 fully saturated rings. The summed E-state index contributed by atoms with van der Waals surface area (Å²) in [6, 6.07) is 6.95. The molecular formula is C28H36N8O5S. The second-order valence-electron chi connectivity index (χ2n) is 9.80. The summed E-state index contributed by atoms with van der Waals surface area (Å²) in [4.78, 5) is 29.5. The molecule has 0 radical (unpaired) electrons. The van der Waals surface area contributed by atoms with Crippen molar-refractivity contribution >= 4 is 21.1 Å². The highest BCUT2D eigenvalue weighted by atomic mass is 32.2. The third kappa shape index (κ3) is 5.67. The fraction of sp³-hybridized carbons (Fsp3) is 0.464. The average Bonchev–Trinajstić information content (AvgIpc) is 3.40. The Morgan fingerprint density at radius 3 is 2.45 bits per heavy atom. The number of likely N-dealkylation sites (N-methyl/N-ethyl adjacent to an activating group) is 1. The van der Waals surface area contributed by atoms with Crippen LogP contribution in [0.15, 0.2) is 46.3 Å². The van der Waals surface area contributed by atoms with Crippen molar-refractivity contribution in [2.45, 2.75) is 32.1 Å². The fourth-order valence-corrected chi connectivity index (χ4v) is 6.39. The van der Waals surface area contributed by atoms with Gasteiger partial charge in [-0.15, -0.1) is 0 Å². The summed E-state index contributed by atoms with van der Waals surface area (Å²) in [5, 5.41) is 4.56. The smallest absolute Gasteiger partial charge is 0.281 e. The normalized spacial score (nSPS) is 15.0. The van der Waals surface area contributed by atoms with Crippen molar-refractivity contribution in [2.24, 2.45) is 7.05 Å². The summed E-state index contributed by atoms with van der Waals surface area (Å²) in [6.07, 6.45) is 3.48. The minimum absolute atomic E-state index is 0.00819. The molecule has 0 atom stereocenters. The second-order valence-corrected chi connectivity index (χ2v) is 11.7. The predicted octanol–water partition coefficient (Wildman–Crippen LogP) is 1.88. The van der Waals surface area contributed by atoms with Crippen LogP contribution in [0.3, 0.4) is 0 Å². The molecule has 224 valence electrons. The van der Waals surface area contributed by atoms with Crippen LogP contribution in [0.4, 0.5) is 0 Å². The largest absolute Gasteiger partial charge is 0.475 e. The first-order valence-corrected chi connectivity index (χ1v) is 15.6. The minimum atomic E-state index is -3.86. The highest BCUT2D eigenvalue weighted by Crippen LogP contribution is 2.31. The van der Waals surface area contributed by atoms with Crippen molar-refractivity contribution in [3.63, 3.8) is 0 Å². The van der Waals surface area contributed by atoms with Gasteiger partial charge in [-0.3, -0.25) is 9.36 Å². The lowest BCUT2D eigenvalue weighted by molar-refractivity contribution is 0.108. The van der Waals surface area contributed by atoms with E-state index in [0.29, 0.717) is 62.8 Å². The zero-order chi connectivity index (χ0) is 29.9. The standard InChI is InChI=1S/C28H36N8O5S/c1-5-22-24-25(32-36(22)23-10-8-9-11-29-23)28(37)33(4)26(31-24)21-18-20(19-30-27(21)41-17-16-40-7-3)42(38,39)35-14-12-34(6-2)13-15-35/h8-11,18-19H,5-7,12-17H2,1-4H3. The zero-order valence-electron chi connectivity index (χ0n) is 24.4. The van der Waals surface area contributed by atoms with Crippen LogP contribution in [0.2, 0.25) is 0 Å². The van der Waals surface area contributed by atoms with E-state index in [9.17, 15) is 13.2 Å². The van der Waals surface area contributed by atoms with Gasteiger partial charge in [-0.1, -0.05) is 19.9 Å². The Morgan fingerprint density at radius 1 is 1.00 bits per heavy atom. The number of aromatic nitrogens is 6. The molecule has 0 spiro atoms. The first-order valence-electron chi connectivity index (χ1n) is 14.1. The quantitative estimate of drug-likeness (QED) is 0.236. The van der Waals surface area contributed by atoms with Crippen molar-refractivity contribution in [1.29, 1.82) is 0 Å². The molecule has 5 heterocycles. The number of fused-ring (bicyclic) bond motifs is 1. The predicted molar refractivity (Wildman–Crippen MR) is 157 cm³/mol. The van der Waals surface area contributed by atoms with E-state index in [2.05, 4.69) is 26.9 Å². The molecular weight excluding hydrogens is 560 g/mol. The molecule has 0 bridgehead atoms. The lowest BCUT2D eigenvalue weighted by Crippen LogP contribution is -2.48. The van der Waals surface area contributed by atoms with Crippen LogP contribution in [0.25, 0.3) is 28.2 Å². The van der Waals surface area contributed by atoms with Gasteiger partial charge in [0.05, 0.1) is 24.1 Å². The average molecular weight is 597 g/mol. The Hall–Kier alpha value is -3.72. The van der Waals surface area contributed by atoms with Crippen molar-refractivity contribution in [3.05, 3.63) is 52.7 Å². The maximum atomic E-state index is 13.7. The van der Waals surface area contributed by atoms with Crippen molar-refractivity contribution in [3.8, 4) is 23.1 Å². The van der Waals surface area contributed by atoms with Gasteiger partial charge in [0.2, 0.25) is 15.9 Å². The topological polar surface area (TPSA) is 138 Å². The molecule has 1 aliphatic rings. The molecule has 4 aromatic rings. The lowest BCUT2D eigenvalue weighted by Gasteiger charge is -2.33. The van der Waals surface area contributed by atoms with Crippen LogP contribution in [-0.2, 0) is 28.2 Å². The molecule has 1 saturated heterocycles. The Bertz CT molecular complexity index is 1710. The molecule has 0 aliphatic carbocycles. The maximum absolute atomic E-state index is 13.7. The molecule has 14 heteroatoms. The highest BCUT2D eigenvalue weighted by molar-refractivity contribution is 7.89. The van der Waals surface area contributed by atoms with E-state index in [1.165, 1.54) is 21.1 Å². The minimum Gasteiger partial charge on any atom is -0.475 e. The van der Waals surface area contributed by atoms with E-state index in [0.717, 1.165) is 6.54 Å². The Kier molecular flexibility index (Phi) is 8.96. The molecule has 0 saturated carbocycles. The van der Waals surface area contributed by atoms with Crippen LogP contribution in [0.1, 0.15) is 26.5 Å². The number of rotatable bonds is 11. The number of piperazine rings is 1. The number of hydrogen-bond donors (Lipinski definition) is 0. The summed E-state index contributed by atoms with van der Waals surface area (Å²) >= 11 is 0. The van der Waals surface area contributed by atoms with Gasteiger partial charge < -0.3 is 14.4 Å². The lowest BCUT2D eigenvalue weighted by atomic mass is 10.2. The maximum Gasteiger partial charge on any atom is 0.281 e. The Morgan fingerprint density at radius 2 is 1.79 bits per heavy atom. The number of nitrogens with zero attached hydrogens (tertiary/aromatic N) is 8. The van der Waals surface area contributed by atoms with E-state index in [4.69, 9.17) is 14.5 Å². The van der Waals surface area contributed by atoms with E-state index in [1.807, 2.05) is 19.9 Å². The SMILES string of the molecule is CCOCCOc1ncc(S(=O)(=O)N2CCN(CC)CC2)cc1-c1nc2c(CC)n(-c3ccccn3)nc2c(=O)n1C. The number of ether oxygens (including phenoxy) is 2. The van der Waals surface area contributed by atoms with Gasteiger partial charge in [-0.2, -0.15) is 9.40 Å². The van der Waals surface area contributed by atoms with Gasteiger partial charge in [0, 0.05) is 46.0 Å². The first-order chi connectivity index (χ1) is 20.3. The number of pyridine rings is 2. The first kappa shape index (κ1) is 29.8. The highest BCUT2D eigenvalue weighted by Gasteiger charge is 2.30. The molecule has 4 aromatic heterocycles. The van der Waals surface area contributed by atoms with Crippen LogP contribution < -0.4 is 10.3 Å². The number of sulfonamides is 1. The third-order valence-corrected chi connectivity index (χ3v) is 9.21. The molecule has 5 rings (SSSR count). The number of hydrogen-bond acceptors (Lipinski definition) is 10. The molecule has 13 nitrogen and oxygen atoms in total. The van der Waals surface area contributed by atoms with Crippen molar-refractivity contribution < 1.29 is 17.9 Å². The van der Waals surface area contributed by atoms with Gasteiger partial charge in [-0.25, -0.2) is 28.1 Å². The van der Waals surface area contributed by atoms with Crippen LogP contribution in [0.5, 0.6) is 5.88 Å². The summed E-state index contributed by atoms with van der Waals surface area (Å²) in [6.45, 7) is 9.87. The van der Waals surface area contributed by atoms with Crippen LogP contribution in [-0.4, -0.2) is 99.5 Å². The molecule has 0 amide bonds. The third-order valence-electron chi connectivity index (χ3n) is 7.35. The summed E-state index contributed by atoms with van der Waals surface area (Å²) < 4.78 is 43.2. The van der Waals surface area contributed by atoms with Crippen molar-refractivity contribution in [2.75, 3.05) is 52.5 Å². The number of aryl methyl sites for hydroxylation is 1. The van der Waals surface area contributed by atoms with E-state index in [1.54, 1.807) is 30.1 Å². The Labute approximate surface area is 244 Å². The van der Waals surface area contributed by atoms with Gasteiger partial charge in [-0.05, 0) is 38.1 Å². The summed E-state index contributed by atoms with van der Waals surface area (Å²) in [7, 11) is -2.28. The van der Waals surface area contributed by atoms with Crippen molar-refractivity contribution in [1.82, 2.24) is 38.5 Å². The second kappa shape index (κ2) is 12.7. The van der Waals surface area contributed by atoms with E-state index >= 15 is 0 Å². The van der Waals surface area contributed by atoms with Gasteiger partial charge >= 0.3 is 0 Å². The van der Waals surface area contributed by atoms with Crippen LogP contribution >= 0.6 is 0 Å². The molecule has 42 heavy (non-hydrogen) atoms. The monoisotopic (exact) mass is 596 g/mol. The summed E-state index contributed by atoms with van der Waals surface area (Å²) in [5.41, 5.74) is 1.20. The molecule has 0 N–H and O–H groups in total. The van der Waals surface area contributed by atoms with E-state index in [-0.39, 0.29) is 39.8 Å². The Balaban J connectivity index is 1.65. The molecule has 1 aliphatic heterocycles. The molecule has 0 unspecified atom stereocenters. The van der Waals surface area contributed by atoms with E-state index < -0.39 is 10.0 Å². The van der Waals surface area contributed by atoms with Gasteiger partial charge in [0.25, 0.3) is 5.56 Å². The summed E-state index contributed by atoms with van der Waals surface area (Å²) in [5.74, 6) is 0.935. The van der Waals surface area contributed by atoms with Crippen LogP contribution in [0, 0.1) is 0 Å². The van der Waals surface area contributed by atoms with Gasteiger partial charge in [0.1, 0.15) is 22.8 Å². The van der Waals surface area contributed by atoms with Gasteiger partial charge in [0.15, 0.2) is 11.3 Å². The zero-order valence-corrected chi connectivity index (χ0v) is 25.2. The fourth-order valence-electron chi connectivity index (χ4n) is 4.99.